The van der Waals surface area contributed by atoms with Crippen LogP contribution in [0.2, 0.25) is 0 Å². The van der Waals surface area contributed by atoms with Crippen LogP contribution in [0.15, 0.2) is 42.5 Å². The first kappa shape index (κ1) is 13.4. The minimum atomic E-state index is -0.0114. The number of hydrogen-bond acceptors (Lipinski definition) is 1. The predicted molar refractivity (Wildman–Crippen MR) is 79.4 cm³/mol. The second-order valence-corrected chi connectivity index (χ2v) is 4.65. The molecule has 0 heterocycles. The van der Waals surface area contributed by atoms with Crippen molar-refractivity contribution < 1.29 is 4.79 Å². The van der Waals surface area contributed by atoms with E-state index in [1.807, 2.05) is 20.0 Å². The number of urea groups is 1. The molecule has 0 spiro atoms. The van der Waals surface area contributed by atoms with Gasteiger partial charge in [0.25, 0.3) is 0 Å². The Labute approximate surface area is 114 Å². The van der Waals surface area contributed by atoms with E-state index in [4.69, 9.17) is 0 Å². The van der Waals surface area contributed by atoms with Crippen LogP contribution in [0.5, 0.6) is 0 Å². The molecule has 1 N–H and O–H groups in total. The topological polar surface area (TPSA) is 32.3 Å². The zero-order chi connectivity index (χ0) is 13.7. The van der Waals surface area contributed by atoms with E-state index < -0.39 is 0 Å². The summed E-state index contributed by atoms with van der Waals surface area (Å²) in [4.78, 5) is 13.4. The van der Waals surface area contributed by atoms with Gasteiger partial charge in [-0.3, -0.25) is 0 Å². The van der Waals surface area contributed by atoms with Crippen molar-refractivity contribution in [2.75, 3.05) is 20.1 Å². The minimum absolute atomic E-state index is 0.0114. The largest absolute Gasteiger partial charge is 0.338 e. The smallest absolute Gasteiger partial charge is 0.317 e. The standard InChI is InChI=1S/C16H20N2O/c1-3-17-16(19)18(2)12-11-14-9-6-8-13-7-4-5-10-15(13)14/h4-10H,3,11-12H2,1-2H3,(H,17,19). The van der Waals surface area contributed by atoms with Crippen molar-refractivity contribution in [3.05, 3.63) is 48.0 Å². The lowest BCUT2D eigenvalue weighted by molar-refractivity contribution is 0.210. The van der Waals surface area contributed by atoms with Gasteiger partial charge in [-0.15, -0.1) is 0 Å². The van der Waals surface area contributed by atoms with E-state index in [2.05, 4.69) is 41.7 Å². The molecule has 19 heavy (non-hydrogen) atoms. The van der Waals surface area contributed by atoms with Crippen LogP contribution in [0.4, 0.5) is 4.79 Å². The Hall–Kier alpha value is -2.03. The highest BCUT2D eigenvalue weighted by atomic mass is 16.2. The van der Waals surface area contributed by atoms with E-state index in [0.29, 0.717) is 6.54 Å². The maximum Gasteiger partial charge on any atom is 0.317 e. The number of carbonyl (C=O) groups is 1. The lowest BCUT2D eigenvalue weighted by atomic mass is 10.0. The molecule has 2 aromatic carbocycles. The van der Waals surface area contributed by atoms with E-state index in [9.17, 15) is 4.79 Å². The molecular formula is C16H20N2O. The third kappa shape index (κ3) is 3.25. The quantitative estimate of drug-likeness (QED) is 0.896. The lowest BCUT2D eigenvalue weighted by Gasteiger charge is -2.17. The van der Waals surface area contributed by atoms with E-state index in [-0.39, 0.29) is 6.03 Å². The highest BCUT2D eigenvalue weighted by Gasteiger charge is 2.07. The number of benzene rings is 2. The van der Waals surface area contributed by atoms with Crippen molar-refractivity contribution in [3.63, 3.8) is 0 Å². The fourth-order valence-corrected chi connectivity index (χ4v) is 2.19. The molecule has 100 valence electrons. The Kier molecular flexibility index (Phi) is 4.39. The van der Waals surface area contributed by atoms with Crippen LogP contribution in [0.3, 0.4) is 0 Å². The molecule has 2 aromatic rings. The average molecular weight is 256 g/mol. The first-order chi connectivity index (χ1) is 9.22. The summed E-state index contributed by atoms with van der Waals surface area (Å²) in [5.41, 5.74) is 1.29. The monoisotopic (exact) mass is 256 g/mol. The maximum absolute atomic E-state index is 11.6. The molecule has 3 nitrogen and oxygen atoms in total. The molecule has 0 aliphatic heterocycles. The zero-order valence-electron chi connectivity index (χ0n) is 11.5. The number of fused-ring (bicyclic) bond motifs is 1. The predicted octanol–water partition coefficient (Wildman–Crippen LogP) is 3.04. The fourth-order valence-electron chi connectivity index (χ4n) is 2.19. The summed E-state index contributed by atoms with van der Waals surface area (Å²) in [6.07, 6.45) is 0.870. The van der Waals surface area contributed by atoms with Crippen LogP contribution in [-0.4, -0.2) is 31.1 Å². The lowest BCUT2D eigenvalue weighted by Crippen LogP contribution is -2.38. The normalized spacial score (nSPS) is 10.4. The molecule has 0 radical (unpaired) electrons. The van der Waals surface area contributed by atoms with Gasteiger partial charge >= 0.3 is 6.03 Å². The summed E-state index contributed by atoms with van der Waals surface area (Å²) in [6, 6.07) is 14.7. The van der Waals surface area contributed by atoms with Gasteiger partial charge in [-0.05, 0) is 29.7 Å². The van der Waals surface area contributed by atoms with Crippen LogP contribution in [-0.2, 0) is 6.42 Å². The van der Waals surface area contributed by atoms with Gasteiger partial charge < -0.3 is 10.2 Å². The van der Waals surface area contributed by atoms with Crippen LogP contribution in [0, 0.1) is 0 Å². The molecule has 0 aliphatic carbocycles. The second kappa shape index (κ2) is 6.23. The van der Waals surface area contributed by atoms with Crippen molar-refractivity contribution in [2.45, 2.75) is 13.3 Å². The van der Waals surface area contributed by atoms with Gasteiger partial charge in [0.05, 0.1) is 0 Å². The average Bonchev–Trinajstić information content (AvgIpc) is 2.45. The summed E-state index contributed by atoms with van der Waals surface area (Å²) in [6.45, 7) is 3.31. The van der Waals surface area contributed by atoms with Crippen LogP contribution >= 0.6 is 0 Å². The number of likely N-dealkylation sites (N-methyl/N-ethyl adjacent to an activating group) is 1. The van der Waals surface area contributed by atoms with Gasteiger partial charge in [0.2, 0.25) is 0 Å². The molecular weight excluding hydrogens is 236 g/mol. The summed E-state index contributed by atoms with van der Waals surface area (Å²) in [7, 11) is 1.83. The molecule has 0 bridgehead atoms. The van der Waals surface area contributed by atoms with Gasteiger partial charge in [-0.2, -0.15) is 0 Å². The number of hydrogen-bond donors (Lipinski definition) is 1. The highest BCUT2D eigenvalue weighted by Crippen LogP contribution is 2.18. The SMILES string of the molecule is CCNC(=O)N(C)CCc1cccc2ccccc12. The molecule has 0 atom stereocenters. The van der Waals surface area contributed by atoms with Crippen LogP contribution in [0.25, 0.3) is 10.8 Å². The van der Waals surface area contributed by atoms with E-state index in [1.165, 1.54) is 16.3 Å². The first-order valence-corrected chi connectivity index (χ1v) is 6.68. The minimum Gasteiger partial charge on any atom is -0.338 e. The van der Waals surface area contributed by atoms with Gasteiger partial charge in [0.15, 0.2) is 0 Å². The first-order valence-electron chi connectivity index (χ1n) is 6.68. The van der Waals surface area contributed by atoms with Crippen molar-refractivity contribution in [1.29, 1.82) is 0 Å². The Balaban J connectivity index is 2.08. The fraction of sp³-hybridized carbons (Fsp3) is 0.312. The number of carbonyl (C=O) groups excluding carboxylic acids is 1. The van der Waals surface area contributed by atoms with Gasteiger partial charge in [-0.25, -0.2) is 4.79 Å². The van der Waals surface area contributed by atoms with Gasteiger partial charge in [-0.1, -0.05) is 42.5 Å². The van der Waals surface area contributed by atoms with Crippen molar-refractivity contribution >= 4 is 16.8 Å². The number of amides is 2. The van der Waals surface area contributed by atoms with Crippen molar-refractivity contribution in [1.82, 2.24) is 10.2 Å². The highest BCUT2D eigenvalue weighted by molar-refractivity contribution is 5.85. The number of rotatable bonds is 4. The molecule has 0 fully saturated rings. The van der Waals surface area contributed by atoms with Crippen LogP contribution < -0.4 is 5.32 Å². The summed E-state index contributed by atoms with van der Waals surface area (Å²) < 4.78 is 0. The van der Waals surface area contributed by atoms with Crippen LogP contribution in [0.1, 0.15) is 12.5 Å². The third-order valence-corrected chi connectivity index (χ3v) is 3.27. The molecule has 0 aromatic heterocycles. The molecule has 3 heteroatoms. The summed E-state index contributed by atoms with van der Waals surface area (Å²) >= 11 is 0. The zero-order valence-corrected chi connectivity index (χ0v) is 11.5. The Morgan fingerprint density at radius 1 is 1.16 bits per heavy atom. The van der Waals surface area contributed by atoms with E-state index >= 15 is 0 Å². The van der Waals surface area contributed by atoms with Crippen molar-refractivity contribution in [3.8, 4) is 0 Å². The van der Waals surface area contributed by atoms with E-state index in [0.717, 1.165) is 13.0 Å². The third-order valence-electron chi connectivity index (χ3n) is 3.27. The molecule has 0 saturated carbocycles. The Morgan fingerprint density at radius 2 is 1.89 bits per heavy atom. The molecule has 2 amide bonds. The van der Waals surface area contributed by atoms with Gasteiger partial charge in [0.1, 0.15) is 0 Å². The Bertz CT molecular complexity index is 560. The summed E-state index contributed by atoms with van der Waals surface area (Å²) in [5.74, 6) is 0. The molecule has 0 saturated heterocycles. The number of nitrogens with zero attached hydrogens (tertiary/aromatic N) is 1. The molecule has 2 rings (SSSR count). The Morgan fingerprint density at radius 3 is 2.68 bits per heavy atom. The number of nitrogens with one attached hydrogen (secondary N) is 1. The summed E-state index contributed by atoms with van der Waals surface area (Å²) in [5, 5.41) is 5.33. The molecule has 0 aliphatic rings. The second-order valence-electron chi connectivity index (χ2n) is 4.65. The van der Waals surface area contributed by atoms with Crippen molar-refractivity contribution in [2.24, 2.45) is 0 Å². The van der Waals surface area contributed by atoms with E-state index in [1.54, 1.807) is 4.90 Å². The van der Waals surface area contributed by atoms with Gasteiger partial charge in [0, 0.05) is 20.1 Å². The molecule has 0 unspecified atom stereocenters. The maximum atomic E-state index is 11.6.